The van der Waals surface area contributed by atoms with E-state index in [9.17, 15) is 14.7 Å². The number of amides is 2. The van der Waals surface area contributed by atoms with Crippen molar-refractivity contribution < 1.29 is 14.7 Å². The Labute approximate surface area is 128 Å². The van der Waals surface area contributed by atoms with Crippen molar-refractivity contribution in [3.8, 4) is 0 Å². The molecule has 0 aliphatic rings. The van der Waals surface area contributed by atoms with Gasteiger partial charge in [0.15, 0.2) is 0 Å². The van der Waals surface area contributed by atoms with E-state index in [1.165, 1.54) is 6.20 Å². The third kappa shape index (κ3) is 4.13. The molecule has 0 saturated heterocycles. The number of carbonyl (C=O) groups excluding carboxylic acids is 2. The van der Waals surface area contributed by atoms with Gasteiger partial charge in [-0.2, -0.15) is 0 Å². The number of nitrogens with zero attached hydrogens (tertiary/aromatic N) is 1. The first-order valence-electron chi connectivity index (χ1n) is 6.76. The van der Waals surface area contributed by atoms with Gasteiger partial charge < -0.3 is 15.7 Å². The Morgan fingerprint density at radius 3 is 2.50 bits per heavy atom. The number of rotatable bonds is 4. The van der Waals surface area contributed by atoms with Crippen LogP contribution in [0.3, 0.4) is 0 Å². The van der Waals surface area contributed by atoms with Crippen LogP contribution in [0, 0.1) is 0 Å². The highest BCUT2D eigenvalue weighted by molar-refractivity contribution is 6.39. The van der Waals surface area contributed by atoms with Crippen LogP contribution in [0.2, 0.25) is 0 Å². The van der Waals surface area contributed by atoms with E-state index in [-0.39, 0.29) is 6.54 Å². The van der Waals surface area contributed by atoms with Crippen molar-refractivity contribution in [1.82, 2.24) is 10.3 Å². The van der Waals surface area contributed by atoms with Gasteiger partial charge in [0.25, 0.3) is 0 Å². The molecule has 0 radical (unpaired) electrons. The van der Waals surface area contributed by atoms with Crippen LogP contribution in [0.15, 0.2) is 54.9 Å². The van der Waals surface area contributed by atoms with E-state index < -0.39 is 17.4 Å². The van der Waals surface area contributed by atoms with Gasteiger partial charge in [-0.05, 0) is 24.6 Å². The largest absolute Gasteiger partial charge is 0.384 e. The summed E-state index contributed by atoms with van der Waals surface area (Å²) >= 11 is 0. The van der Waals surface area contributed by atoms with E-state index in [0.29, 0.717) is 11.3 Å². The normalized spacial score (nSPS) is 13.0. The van der Waals surface area contributed by atoms with E-state index in [4.69, 9.17) is 0 Å². The quantitative estimate of drug-likeness (QED) is 0.736. The minimum Gasteiger partial charge on any atom is -0.384 e. The molecule has 1 aromatic carbocycles. The average molecular weight is 299 g/mol. The van der Waals surface area contributed by atoms with E-state index >= 15 is 0 Å². The Hall–Kier alpha value is -2.73. The molecule has 0 aliphatic heterocycles. The van der Waals surface area contributed by atoms with Crippen molar-refractivity contribution in [2.45, 2.75) is 12.5 Å². The molecule has 6 heteroatoms. The molecule has 0 bridgehead atoms. The van der Waals surface area contributed by atoms with Gasteiger partial charge in [0.05, 0.1) is 18.4 Å². The number of aromatic nitrogens is 1. The first kappa shape index (κ1) is 15.7. The maximum atomic E-state index is 11.8. The number of benzene rings is 1. The molecule has 1 atom stereocenters. The lowest BCUT2D eigenvalue weighted by atomic mass is 9.96. The van der Waals surface area contributed by atoms with Crippen molar-refractivity contribution in [3.63, 3.8) is 0 Å². The monoisotopic (exact) mass is 299 g/mol. The molecular formula is C16H17N3O3. The molecule has 114 valence electrons. The second-order valence-electron chi connectivity index (χ2n) is 5.02. The van der Waals surface area contributed by atoms with Crippen LogP contribution in [-0.2, 0) is 15.2 Å². The SMILES string of the molecule is C[C@](O)(CNC(=O)C(=O)Nc1cccnc1)c1ccccc1. The number of nitrogens with one attached hydrogen (secondary N) is 2. The Balaban J connectivity index is 1.91. The second-order valence-corrected chi connectivity index (χ2v) is 5.02. The van der Waals surface area contributed by atoms with Gasteiger partial charge in [0.1, 0.15) is 5.60 Å². The van der Waals surface area contributed by atoms with E-state index in [1.54, 1.807) is 49.5 Å². The summed E-state index contributed by atoms with van der Waals surface area (Å²) in [6.07, 6.45) is 3.00. The van der Waals surface area contributed by atoms with Crippen LogP contribution in [0.1, 0.15) is 12.5 Å². The van der Waals surface area contributed by atoms with Crippen LogP contribution in [0.4, 0.5) is 5.69 Å². The molecule has 3 N–H and O–H groups in total. The fourth-order valence-electron chi connectivity index (χ4n) is 1.86. The number of hydrogen-bond acceptors (Lipinski definition) is 4. The van der Waals surface area contributed by atoms with Crippen LogP contribution >= 0.6 is 0 Å². The predicted octanol–water partition coefficient (Wildman–Crippen LogP) is 1.04. The van der Waals surface area contributed by atoms with Gasteiger partial charge in [-0.15, -0.1) is 0 Å². The van der Waals surface area contributed by atoms with Crippen molar-refractivity contribution in [1.29, 1.82) is 0 Å². The summed E-state index contributed by atoms with van der Waals surface area (Å²) in [5, 5.41) is 15.2. The third-order valence-electron chi connectivity index (χ3n) is 3.11. The molecule has 0 spiro atoms. The summed E-state index contributed by atoms with van der Waals surface area (Å²) in [6, 6.07) is 12.2. The molecule has 2 aromatic rings. The lowest BCUT2D eigenvalue weighted by Crippen LogP contribution is -2.43. The molecule has 1 aromatic heterocycles. The summed E-state index contributed by atoms with van der Waals surface area (Å²) in [5.74, 6) is -1.63. The Morgan fingerprint density at radius 1 is 1.14 bits per heavy atom. The van der Waals surface area contributed by atoms with Crippen molar-refractivity contribution in [2.75, 3.05) is 11.9 Å². The number of aliphatic hydroxyl groups is 1. The summed E-state index contributed by atoms with van der Waals surface area (Å²) in [7, 11) is 0. The van der Waals surface area contributed by atoms with Crippen LogP contribution in [-0.4, -0.2) is 28.4 Å². The van der Waals surface area contributed by atoms with E-state index in [1.807, 2.05) is 6.07 Å². The highest BCUT2D eigenvalue weighted by atomic mass is 16.3. The Bertz CT molecular complexity index is 642. The van der Waals surface area contributed by atoms with Crippen molar-refractivity contribution >= 4 is 17.5 Å². The second kappa shape index (κ2) is 6.82. The number of pyridine rings is 1. The minimum absolute atomic E-state index is 0.0731. The van der Waals surface area contributed by atoms with Gasteiger partial charge in [-0.25, -0.2) is 0 Å². The standard InChI is InChI=1S/C16H17N3O3/c1-16(22,12-6-3-2-4-7-12)11-18-14(20)15(21)19-13-8-5-9-17-10-13/h2-10,22H,11H2,1H3,(H,18,20)(H,19,21)/t16-/m0/s1. The van der Waals surface area contributed by atoms with Crippen LogP contribution in [0.5, 0.6) is 0 Å². The highest BCUT2D eigenvalue weighted by Crippen LogP contribution is 2.18. The lowest BCUT2D eigenvalue weighted by Gasteiger charge is -2.24. The first-order valence-corrected chi connectivity index (χ1v) is 6.76. The molecule has 0 saturated carbocycles. The van der Waals surface area contributed by atoms with Crippen molar-refractivity contribution in [3.05, 3.63) is 60.4 Å². The smallest absolute Gasteiger partial charge is 0.313 e. The summed E-state index contributed by atoms with van der Waals surface area (Å²) in [6.45, 7) is 1.50. The summed E-state index contributed by atoms with van der Waals surface area (Å²) < 4.78 is 0. The molecule has 2 rings (SSSR count). The number of anilines is 1. The number of carbonyl (C=O) groups is 2. The third-order valence-corrected chi connectivity index (χ3v) is 3.11. The maximum absolute atomic E-state index is 11.8. The van der Waals surface area contributed by atoms with Gasteiger partial charge in [0.2, 0.25) is 0 Å². The summed E-state index contributed by atoms with van der Waals surface area (Å²) in [5.41, 5.74) is -0.175. The topological polar surface area (TPSA) is 91.3 Å². The molecule has 2 amide bonds. The van der Waals surface area contributed by atoms with Crippen LogP contribution in [0.25, 0.3) is 0 Å². The van der Waals surface area contributed by atoms with Crippen LogP contribution < -0.4 is 10.6 Å². The lowest BCUT2D eigenvalue weighted by molar-refractivity contribution is -0.136. The summed E-state index contributed by atoms with van der Waals surface area (Å²) in [4.78, 5) is 27.3. The number of hydrogen-bond donors (Lipinski definition) is 3. The minimum atomic E-state index is -1.26. The average Bonchev–Trinajstić information content (AvgIpc) is 2.54. The molecule has 22 heavy (non-hydrogen) atoms. The Kier molecular flexibility index (Phi) is 4.85. The molecular weight excluding hydrogens is 282 g/mol. The molecule has 0 unspecified atom stereocenters. The van der Waals surface area contributed by atoms with Gasteiger partial charge >= 0.3 is 11.8 Å². The van der Waals surface area contributed by atoms with Crippen molar-refractivity contribution in [2.24, 2.45) is 0 Å². The van der Waals surface area contributed by atoms with E-state index in [2.05, 4.69) is 15.6 Å². The molecule has 1 heterocycles. The van der Waals surface area contributed by atoms with Gasteiger partial charge in [0, 0.05) is 6.20 Å². The molecule has 0 aliphatic carbocycles. The zero-order valence-corrected chi connectivity index (χ0v) is 12.1. The fraction of sp³-hybridized carbons (Fsp3) is 0.188. The molecule has 6 nitrogen and oxygen atoms in total. The first-order chi connectivity index (χ1) is 10.5. The maximum Gasteiger partial charge on any atom is 0.313 e. The predicted molar refractivity (Wildman–Crippen MR) is 81.9 cm³/mol. The highest BCUT2D eigenvalue weighted by Gasteiger charge is 2.25. The van der Waals surface area contributed by atoms with E-state index in [0.717, 1.165) is 0 Å². The zero-order chi connectivity index (χ0) is 16.0. The van der Waals surface area contributed by atoms with Gasteiger partial charge in [-0.3, -0.25) is 14.6 Å². The zero-order valence-electron chi connectivity index (χ0n) is 12.1. The van der Waals surface area contributed by atoms with Gasteiger partial charge in [-0.1, -0.05) is 30.3 Å². The fourth-order valence-corrected chi connectivity index (χ4v) is 1.86. The Morgan fingerprint density at radius 2 is 1.86 bits per heavy atom. The molecule has 0 fully saturated rings.